The monoisotopic (exact) mass is 311 g/mol. The molecule has 0 saturated heterocycles. The maximum absolute atomic E-state index is 12.7. The van der Waals surface area contributed by atoms with Crippen molar-refractivity contribution in [3.63, 3.8) is 0 Å². The molecule has 20 heavy (non-hydrogen) atoms. The zero-order chi connectivity index (χ0) is 15.0. The van der Waals surface area contributed by atoms with Gasteiger partial charge in [0, 0.05) is 17.7 Å². The fourth-order valence-corrected chi connectivity index (χ4v) is 3.75. The third kappa shape index (κ3) is 2.97. The van der Waals surface area contributed by atoms with Crippen LogP contribution in [0.15, 0.2) is 11.8 Å². The van der Waals surface area contributed by atoms with Crippen LogP contribution < -0.4 is 0 Å². The Balaban J connectivity index is 2.10. The standard InChI is InChI=1S/C13H20F3NO2S/c1-2-3-4-5-6-11-9-12(7-8-12)10-17(11)20(18,19)13(14,15)16/h9H,2-8,10H2,1H3. The quantitative estimate of drug-likeness (QED) is 0.700. The molecule has 116 valence electrons. The van der Waals surface area contributed by atoms with Crippen molar-refractivity contribution in [1.29, 1.82) is 0 Å². The Morgan fingerprint density at radius 1 is 1.25 bits per heavy atom. The molecule has 0 bridgehead atoms. The van der Waals surface area contributed by atoms with E-state index in [1.165, 1.54) is 0 Å². The van der Waals surface area contributed by atoms with Crippen molar-refractivity contribution in [2.45, 2.75) is 57.4 Å². The van der Waals surface area contributed by atoms with Crippen LogP contribution in [0.1, 0.15) is 51.9 Å². The first-order chi connectivity index (χ1) is 9.22. The van der Waals surface area contributed by atoms with Crippen molar-refractivity contribution in [3.05, 3.63) is 11.8 Å². The van der Waals surface area contributed by atoms with E-state index >= 15 is 0 Å². The lowest BCUT2D eigenvalue weighted by atomic mass is 10.1. The summed E-state index contributed by atoms with van der Waals surface area (Å²) in [4.78, 5) is 0. The summed E-state index contributed by atoms with van der Waals surface area (Å²) in [5, 5.41) is 0. The minimum atomic E-state index is -5.23. The predicted molar refractivity (Wildman–Crippen MR) is 70.2 cm³/mol. The lowest BCUT2D eigenvalue weighted by molar-refractivity contribution is -0.0480. The molecule has 0 aromatic heterocycles. The number of allylic oxidation sites excluding steroid dienone is 1. The average Bonchev–Trinajstić information content (AvgIpc) is 2.97. The molecule has 0 aromatic rings. The molecule has 1 aliphatic carbocycles. The van der Waals surface area contributed by atoms with Gasteiger partial charge in [0.2, 0.25) is 0 Å². The maximum Gasteiger partial charge on any atom is 0.516 e. The van der Waals surface area contributed by atoms with Crippen molar-refractivity contribution < 1.29 is 21.6 Å². The first-order valence-electron chi connectivity index (χ1n) is 7.03. The molecule has 0 N–H and O–H groups in total. The SMILES string of the molecule is CCCCCCC1=CC2(CC2)CN1S(=O)(=O)C(F)(F)F. The van der Waals surface area contributed by atoms with Gasteiger partial charge in [0.25, 0.3) is 0 Å². The second-order valence-corrected chi connectivity index (χ2v) is 7.62. The van der Waals surface area contributed by atoms with Gasteiger partial charge >= 0.3 is 15.5 Å². The summed E-state index contributed by atoms with van der Waals surface area (Å²) in [6.45, 7) is 2.02. The number of unbranched alkanes of at least 4 members (excludes halogenated alkanes) is 3. The van der Waals surface area contributed by atoms with E-state index in [4.69, 9.17) is 0 Å². The van der Waals surface area contributed by atoms with Crippen molar-refractivity contribution in [2.75, 3.05) is 6.54 Å². The molecule has 1 fully saturated rings. The van der Waals surface area contributed by atoms with Crippen LogP contribution in [-0.2, 0) is 10.0 Å². The van der Waals surface area contributed by atoms with Crippen LogP contribution in [-0.4, -0.2) is 24.8 Å². The van der Waals surface area contributed by atoms with Crippen molar-refractivity contribution in [1.82, 2.24) is 4.31 Å². The number of hydrogen-bond donors (Lipinski definition) is 0. The Morgan fingerprint density at radius 3 is 2.40 bits per heavy atom. The molecule has 7 heteroatoms. The van der Waals surface area contributed by atoms with Crippen LogP contribution in [0.2, 0.25) is 0 Å². The van der Waals surface area contributed by atoms with Crippen LogP contribution in [0.5, 0.6) is 0 Å². The Hall–Kier alpha value is -0.720. The van der Waals surface area contributed by atoms with Gasteiger partial charge in [-0.15, -0.1) is 0 Å². The smallest absolute Gasteiger partial charge is 0.266 e. The zero-order valence-electron chi connectivity index (χ0n) is 11.5. The molecule has 3 nitrogen and oxygen atoms in total. The lowest BCUT2D eigenvalue weighted by Gasteiger charge is -2.24. The molecule has 0 atom stereocenters. The van der Waals surface area contributed by atoms with E-state index in [1.807, 2.05) is 0 Å². The average molecular weight is 311 g/mol. The third-order valence-electron chi connectivity index (χ3n) is 4.01. The highest BCUT2D eigenvalue weighted by atomic mass is 32.2. The lowest BCUT2D eigenvalue weighted by Crippen LogP contribution is -2.39. The fraction of sp³-hybridized carbons (Fsp3) is 0.846. The van der Waals surface area contributed by atoms with Crippen LogP contribution in [0.25, 0.3) is 0 Å². The highest BCUT2D eigenvalue weighted by Crippen LogP contribution is 2.54. The second kappa shape index (κ2) is 5.24. The molecule has 1 saturated carbocycles. The van der Waals surface area contributed by atoms with Crippen molar-refractivity contribution in [2.24, 2.45) is 5.41 Å². The Morgan fingerprint density at radius 2 is 1.90 bits per heavy atom. The molecule has 2 rings (SSSR count). The molecule has 1 heterocycles. The summed E-state index contributed by atoms with van der Waals surface area (Å²) in [5.41, 5.74) is -5.18. The minimum Gasteiger partial charge on any atom is -0.266 e. The van der Waals surface area contributed by atoms with Crippen LogP contribution in [0.4, 0.5) is 13.2 Å². The Kier molecular flexibility index (Phi) is 4.10. The second-order valence-electron chi connectivity index (χ2n) is 5.77. The van der Waals surface area contributed by atoms with Crippen LogP contribution in [0, 0.1) is 5.41 Å². The summed E-state index contributed by atoms with van der Waals surface area (Å²) in [5.74, 6) is 0. The summed E-state index contributed by atoms with van der Waals surface area (Å²) >= 11 is 0. The number of halogens is 3. The van der Waals surface area contributed by atoms with Gasteiger partial charge in [-0.25, -0.2) is 0 Å². The molecule has 1 spiro atoms. The van der Waals surface area contributed by atoms with Crippen molar-refractivity contribution >= 4 is 10.0 Å². The van der Waals surface area contributed by atoms with Crippen molar-refractivity contribution in [3.8, 4) is 0 Å². The maximum atomic E-state index is 12.7. The van der Waals surface area contributed by atoms with Gasteiger partial charge in [0.05, 0.1) is 0 Å². The van der Waals surface area contributed by atoms with Gasteiger partial charge in [0.15, 0.2) is 0 Å². The fourth-order valence-electron chi connectivity index (χ4n) is 2.62. The first kappa shape index (κ1) is 15.7. The number of nitrogens with zero attached hydrogens (tertiary/aromatic N) is 1. The molecule has 2 aliphatic rings. The molecule has 0 aromatic carbocycles. The zero-order valence-corrected chi connectivity index (χ0v) is 12.4. The topological polar surface area (TPSA) is 37.4 Å². The highest BCUT2D eigenvalue weighted by Gasteiger charge is 2.57. The number of rotatable bonds is 6. The van der Waals surface area contributed by atoms with Gasteiger partial charge in [-0.2, -0.15) is 21.6 Å². The predicted octanol–water partition coefficient (Wildman–Crippen LogP) is 3.79. The largest absolute Gasteiger partial charge is 0.516 e. The summed E-state index contributed by atoms with van der Waals surface area (Å²) in [7, 11) is -5.23. The summed E-state index contributed by atoms with van der Waals surface area (Å²) in [6.07, 6.45) is 7.46. The van der Waals surface area contributed by atoms with E-state index in [2.05, 4.69) is 6.92 Å². The normalized spacial score (nSPS) is 21.4. The Bertz CT molecular complexity index is 492. The van der Waals surface area contributed by atoms with E-state index in [-0.39, 0.29) is 12.0 Å². The van der Waals surface area contributed by atoms with Crippen LogP contribution in [0.3, 0.4) is 0 Å². The molecule has 1 aliphatic heterocycles. The Labute approximate surface area is 117 Å². The van der Waals surface area contributed by atoms with E-state index in [1.54, 1.807) is 6.08 Å². The van der Waals surface area contributed by atoms with Gasteiger partial charge in [-0.1, -0.05) is 32.3 Å². The molecule has 0 amide bonds. The number of sulfonamides is 1. The number of alkyl halides is 3. The van der Waals surface area contributed by atoms with Gasteiger partial charge in [-0.05, 0) is 25.7 Å². The van der Waals surface area contributed by atoms with E-state index < -0.39 is 15.5 Å². The van der Waals surface area contributed by atoms with E-state index in [0.29, 0.717) is 16.4 Å². The highest BCUT2D eigenvalue weighted by molar-refractivity contribution is 7.90. The van der Waals surface area contributed by atoms with Gasteiger partial charge < -0.3 is 0 Å². The van der Waals surface area contributed by atoms with Gasteiger partial charge in [0.1, 0.15) is 0 Å². The van der Waals surface area contributed by atoms with E-state index in [9.17, 15) is 21.6 Å². The first-order valence-corrected chi connectivity index (χ1v) is 8.47. The molecule has 0 radical (unpaired) electrons. The summed E-state index contributed by atoms with van der Waals surface area (Å²) < 4.78 is 62.0. The molecular formula is C13H20F3NO2S. The molecule has 0 unspecified atom stereocenters. The van der Waals surface area contributed by atoms with Gasteiger partial charge in [-0.3, -0.25) is 4.31 Å². The molecular weight excluding hydrogens is 291 g/mol. The third-order valence-corrected chi connectivity index (χ3v) is 5.54. The van der Waals surface area contributed by atoms with Crippen LogP contribution >= 0.6 is 0 Å². The van der Waals surface area contributed by atoms with E-state index in [0.717, 1.165) is 38.5 Å². The number of hydrogen-bond acceptors (Lipinski definition) is 2. The summed E-state index contributed by atoms with van der Waals surface area (Å²) in [6, 6.07) is 0. The minimum absolute atomic E-state index is 0.0298.